The van der Waals surface area contributed by atoms with E-state index in [0.717, 1.165) is 56.7 Å². The third kappa shape index (κ3) is 7.12. The fraction of sp³-hybridized carbons (Fsp3) is 0.435. The molecule has 0 bridgehead atoms. The van der Waals surface area contributed by atoms with Crippen molar-refractivity contribution in [2.45, 2.75) is 19.3 Å². The summed E-state index contributed by atoms with van der Waals surface area (Å²) in [5.41, 5.74) is 2.28. The van der Waals surface area contributed by atoms with Crippen LogP contribution >= 0.6 is 12.4 Å². The first-order chi connectivity index (χ1) is 14.8. The van der Waals surface area contributed by atoms with Crippen LogP contribution in [0.4, 0.5) is 5.69 Å². The van der Waals surface area contributed by atoms with E-state index in [1.807, 2.05) is 12.1 Å². The first-order valence-electron chi connectivity index (χ1n) is 10.3. The Bertz CT molecular complexity index is 1000. The van der Waals surface area contributed by atoms with Gasteiger partial charge in [-0.3, -0.25) is 9.52 Å². The summed E-state index contributed by atoms with van der Waals surface area (Å²) in [5.74, 6) is 1.60. The van der Waals surface area contributed by atoms with E-state index in [2.05, 4.69) is 15.7 Å². The van der Waals surface area contributed by atoms with Crippen LogP contribution in [0.15, 0.2) is 42.5 Å². The summed E-state index contributed by atoms with van der Waals surface area (Å²) >= 11 is 0. The molecule has 1 aliphatic heterocycles. The van der Waals surface area contributed by atoms with Gasteiger partial charge in [-0.05, 0) is 74.3 Å². The number of halogens is 1. The van der Waals surface area contributed by atoms with Gasteiger partial charge in [0.05, 0.1) is 20.5 Å². The number of nitrogens with one attached hydrogen (secondary N) is 1. The number of rotatable bonds is 9. The lowest BCUT2D eigenvalue weighted by atomic mass is 9.88. The summed E-state index contributed by atoms with van der Waals surface area (Å²) in [6.07, 6.45) is 3.67. The molecule has 0 radical (unpaired) electrons. The van der Waals surface area contributed by atoms with Gasteiger partial charge in [0.25, 0.3) is 0 Å². The molecule has 1 fully saturated rings. The van der Waals surface area contributed by atoms with Crippen molar-refractivity contribution in [3.63, 3.8) is 0 Å². The molecular formula is C23H31ClN2O5S. The van der Waals surface area contributed by atoms with Crippen molar-refractivity contribution in [3.05, 3.63) is 53.6 Å². The van der Waals surface area contributed by atoms with E-state index in [-0.39, 0.29) is 24.1 Å². The molecule has 0 unspecified atom stereocenters. The Morgan fingerprint density at radius 3 is 2.22 bits per heavy atom. The van der Waals surface area contributed by atoms with Gasteiger partial charge in [-0.1, -0.05) is 6.07 Å². The van der Waals surface area contributed by atoms with Crippen molar-refractivity contribution in [2.24, 2.45) is 5.92 Å². The van der Waals surface area contributed by atoms with E-state index in [1.165, 1.54) is 5.56 Å². The second kappa shape index (κ2) is 11.5. The van der Waals surface area contributed by atoms with Gasteiger partial charge >= 0.3 is 0 Å². The van der Waals surface area contributed by atoms with Crippen molar-refractivity contribution in [1.29, 1.82) is 0 Å². The summed E-state index contributed by atoms with van der Waals surface area (Å²) in [7, 11) is -0.0569. The number of carbonyl (C=O) groups is 1. The molecule has 1 aliphatic rings. The number of nitrogens with zero attached hydrogens (tertiary/aromatic N) is 1. The van der Waals surface area contributed by atoms with Gasteiger partial charge in [-0.15, -0.1) is 12.4 Å². The van der Waals surface area contributed by atoms with Gasteiger partial charge in [0, 0.05) is 23.7 Å². The number of anilines is 1. The van der Waals surface area contributed by atoms with E-state index in [0.29, 0.717) is 11.3 Å². The van der Waals surface area contributed by atoms with Crippen LogP contribution in [0.2, 0.25) is 0 Å². The van der Waals surface area contributed by atoms with Crippen LogP contribution in [0.5, 0.6) is 11.5 Å². The summed E-state index contributed by atoms with van der Waals surface area (Å²) in [4.78, 5) is 15.2. The number of likely N-dealkylation sites (tertiary alicyclic amines) is 1. The average molecular weight is 483 g/mol. The molecule has 0 atom stereocenters. The number of sulfonamides is 1. The topological polar surface area (TPSA) is 84.9 Å². The Morgan fingerprint density at radius 2 is 1.66 bits per heavy atom. The molecule has 0 spiro atoms. The Morgan fingerprint density at radius 1 is 1.03 bits per heavy atom. The number of hydrogen-bond donors (Lipinski definition) is 1. The molecule has 9 heteroatoms. The third-order valence-electron chi connectivity index (χ3n) is 5.60. The predicted molar refractivity (Wildman–Crippen MR) is 129 cm³/mol. The minimum atomic E-state index is -3.32. The molecule has 176 valence electrons. The molecule has 0 aliphatic carbocycles. The maximum atomic E-state index is 12.8. The standard InChI is InChI=1S/C23H30N2O5S.ClH/c1-29-21-9-4-17(16-22(21)30-2)10-13-25-14-11-19(12-15-25)23(26)18-5-7-20(8-6-18)24-31(3,27)28;/h4-9,16,19,24H,10-15H2,1-3H3;1H. The van der Waals surface area contributed by atoms with Crippen LogP contribution in [-0.4, -0.2) is 59.2 Å². The second-order valence-electron chi connectivity index (χ2n) is 7.87. The first-order valence-corrected chi connectivity index (χ1v) is 12.2. The number of ether oxygens (including phenoxy) is 2. The molecule has 2 aromatic carbocycles. The minimum absolute atomic E-state index is 0. The molecule has 0 saturated carbocycles. The quantitative estimate of drug-likeness (QED) is 0.549. The summed E-state index contributed by atoms with van der Waals surface area (Å²) in [6, 6.07) is 12.6. The van der Waals surface area contributed by atoms with Crippen LogP contribution in [0.25, 0.3) is 0 Å². The minimum Gasteiger partial charge on any atom is -0.493 e. The fourth-order valence-electron chi connectivity index (χ4n) is 3.89. The Hall–Kier alpha value is -2.29. The molecule has 1 saturated heterocycles. The maximum Gasteiger partial charge on any atom is 0.229 e. The zero-order valence-corrected chi connectivity index (χ0v) is 20.3. The summed E-state index contributed by atoms with van der Waals surface area (Å²) in [6.45, 7) is 2.71. The zero-order chi connectivity index (χ0) is 22.4. The van der Waals surface area contributed by atoms with Crippen molar-refractivity contribution in [2.75, 3.05) is 44.8 Å². The van der Waals surface area contributed by atoms with Crippen LogP contribution in [0.3, 0.4) is 0 Å². The van der Waals surface area contributed by atoms with Crippen LogP contribution in [0.1, 0.15) is 28.8 Å². The lowest BCUT2D eigenvalue weighted by molar-refractivity contribution is 0.0841. The SMILES string of the molecule is COc1ccc(CCN2CCC(C(=O)c3ccc(NS(C)(=O)=O)cc3)CC2)cc1OC.Cl. The van der Waals surface area contributed by atoms with E-state index in [4.69, 9.17) is 9.47 Å². The van der Waals surface area contributed by atoms with Crippen molar-refractivity contribution >= 4 is 33.9 Å². The molecule has 2 aromatic rings. The highest BCUT2D eigenvalue weighted by Crippen LogP contribution is 2.28. The van der Waals surface area contributed by atoms with Gasteiger partial charge in [-0.2, -0.15) is 0 Å². The number of hydrogen-bond acceptors (Lipinski definition) is 6. The first kappa shape index (κ1) is 26.0. The third-order valence-corrected chi connectivity index (χ3v) is 6.20. The number of benzene rings is 2. The van der Waals surface area contributed by atoms with E-state index < -0.39 is 10.0 Å². The number of carbonyl (C=O) groups excluding carboxylic acids is 1. The summed E-state index contributed by atoms with van der Waals surface area (Å²) in [5, 5.41) is 0. The largest absolute Gasteiger partial charge is 0.493 e. The second-order valence-corrected chi connectivity index (χ2v) is 9.62. The van der Waals surface area contributed by atoms with Gasteiger partial charge in [0.1, 0.15) is 0 Å². The van der Waals surface area contributed by atoms with E-state index in [1.54, 1.807) is 38.5 Å². The van der Waals surface area contributed by atoms with E-state index >= 15 is 0 Å². The number of ketones is 1. The lowest BCUT2D eigenvalue weighted by Crippen LogP contribution is -2.37. The van der Waals surface area contributed by atoms with Gasteiger partial charge < -0.3 is 14.4 Å². The Balaban J connectivity index is 0.00000363. The zero-order valence-electron chi connectivity index (χ0n) is 18.7. The molecule has 32 heavy (non-hydrogen) atoms. The highest BCUT2D eigenvalue weighted by Gasteiger charge is 2.25. The molecule has 0 amide bonds. The number of methoxy groups -OCH3 is 2. The molecule has 0 aromatic heterocycles. The fourth-order valence-corrected chi connectivity index (χ4v) is 4.46. The van der Waals surface area contributed by atoms with Crippen molar-refractivity contribution in [3.8, 4) is 11.5 Å². The average Bonchev–Trinajstić information content (AvgIpc) is 2.76. The monoisotopic (exact) mass is 482 g/mol. The Labute approximate surface area is 196 Å². The lowest BCUT2D eigenvalue weighted by Gasteiger charge is -2.31. The highest BCUT2D eigenvalue weighted by atomic mass is 35.5. The molecule has 3 rings (SSSR count). The smallest absolute Gasteiger partial charge is 0.229 e. The molecule has 1 heterocycles. The van der Waals surface area contributed by atoms with Crippen LogP contribution in [0, 0.1) is 5.92 Å². The normalized spacial score (nSPS) is 15.0. The van der Waals surface area contributed by atoms with Gasteiger partial charge in [0.2, 0.25) is 10.0 Å². The van der Waals surface area contributed by atoms with Crippen LogP contribution in [-0.2, 0) is 16.4 Å². The highest BCUT2D eigenvalue weighted by molar-refractivity contribution is 7.92. The van der Waals surface area contributed by atoms with Crippen molar-refractivity contribution < 1.29 is 22.7 Å². The predicted octanol–water partition coefficient (Wildman–Crippen LogP) is 3.63. The van der Waals surface area contributed by atoms with Gasteiger partial charge in [-0.25, -0.2) is 8.42 Å². The maximum absolute atomic E-state index is 12.8. The number of Topliss-reactive ketones (excluding diaryl/α,β-unsaturated/α-hetero) is 1. The summed E-state index contributed by atoms with van der Waals surface area (Å²) < 4.78 is 35.7. The molecular weight excluding hydrogens is 452 g/mol. The number of piperidine rings is 1. The molecule has 7 nitrogen and oxygen atoms in total. The van der Waals surface area contributed by atoms with Crippen LogP contribution < -0.4 is 14.2 Å². The Kier molecular flexibility index (Phi) is 9.36. The van der Waals surface area contributed by atoms with Crippen molar-refractivity contribution in [1.82, 2.24) is 4.90 Å². The molecule has 1 N–H and O–H groups in total. The van der Waals surface area contributed by atoms with Gasteiger partial charge in [0.15, 0.2) is 17.3 Å². The van der Waals surface area contributed by atoms with E-state index in [9.17, 15) is 13.2 Å².